The van der Waals surface area contributed by atoms with E-state index < -0.39 is 0 Å². The number of thioether (sulfide) groups is 1. The predicted molar refractivity (Wildman–Crippen MR) is 45.7 cm³/mol. The molecule has 0 aromatic carbocycles. The van der Waals surface area contributed by atoms with Crippen LogP contribution in [0.15, 0.2) is 23.5 Å². The average molecular weight is 165 g/mol. The molecule has 0 bridgehead atoms. The average Bonchev–Trinajstić information content (AvgIpc) is 2.50. The number of H-pyrrole nitrogens is 1. The third-order valence-electron chi connectivity index (χ3n) is 1.50. The summed E-state index contributed by atoms with van der Waals surface area (Å²) in [6.45, 7) is 0. The smallest absolute Gasteiger partial charge is 0.119 e. The highest BCUT2D eigenvalue weighted by molar-refractivity contribution is 7.98. The predicted octanol–water partition coefficient (Wildman–Crippen LogP) is 1.68. The van der Waals surface area contributed by atoms with Crippen LogP contribution in [0.5, 0.6) is 0 Å². The fourth-order valence-electron chi connectivity index (χ4n) is 0.935. The lowest BCUT2D eigenvalue weighted by Crippen LogP contribution is -1.82. The van der Waals surface area contributed by atoms with Crippen molar-refractivity contribution in [1.82, 2.24) is 15.2 Å². The van der Waals surface area contributed by atoms with Crippen molar-refractivity contribution in [3.05, 3.63) is 18.5 Å². The Bertz CT molecular complexity index is 368. The summed E-state index contributed by atoms with van der Waals surface area (Å²) in [4.78, 5) is 2.98. The Hall–Kier alpha value is -1.03. The molecule has 2 heterocycles. The lowest BCUT2D eigenvalue weighted by atomic mass is 10.4. The molecule has 0 amide bonds. The number of rotatable bonds is 1. The van der Waals surface area contributed by atoms with E-state index in [0.29, 0.717) is 0 Å². The number of nitrogens with one attached hydrogen (secondary N) is 1. The molecule has 11 heavy (non-hydrogen) atoms. The fourth-order valence-corrected chi connectivity index (χ4v) is 1.30. The van der Waals surface area contributed by atoms with Gasteiger partial charge in [-0.1, -0.05) is 0 Å². The van der Waals surface area contributed by atoms with Crippen molar-refractivity contribution in [2.24, 2.45) is 0 Å². The Kier molecular flexibility index (Phi) is 1.54. The molecule has 3 nitrogen and oxygen atoms in total. The van der Waals surface area contributed by atoms with Crippen LogP contribution in [0.2, 0.25) is 0 Å². The van der Waals surface area contributed by atoms with Gasteiger partial charge in [-0.3, -0.25) is 0 Å². The molecule has 2 aromatic rings. The van der Waals surface area contributed by atoms with E-state index in [1.807, 2.05) is 24.7 Å². The first kappa shape index (κ1) is 6.67. The van der Waals surface area contributed by atoms with Crippen LogP contribution in [0.4, 0.5) is 0 Å². The maximum Gasteiger partial charge on any atom is 0.119 e. The van der Waals surface area contributed by atoms with Crippen LogP contribution in [-0.2, 0) is 0 Å². The topological polar surface area (TPSA) is 41.6 Å². The zero-order chi connectivity index (χ0) is 7.68. The summed E-state index contributed by atoms with van der Waals surface area (Å²) in [6.07, 6.45) is 5.75. The Morgan fingerprint density at radius 2 is 2.27 bits per heavy atom. The van der Waals surface area contributed by atoms with Gasteiger partial charge in [-0.05, 0) is 12.3 Å². The summed E-state index contributed by atoms with van der Waals surface area (Å²) in [5, 5.41) is 10.1. The van der Waals surface area contributed by atoms with E-state index in [-0.39, 0.29) is 0 Å². The van der Waals surface area contributed by atoms with Gasteiger partial charge in [0.25, 0.3) is 0 Å². The Morgan fingerprint density at radius 3 is 3.09 bits per heavy atom. The minimum Gasteiger partial charge on any atom is -0.365 e. The van der Waals surface area contributed by atoms with Crippen LogP contribution < -0.4 is 0 Å². The van der Waals surface area contributed by atoms with Gasteiger partial charge in [0.2, 0.25) is 0 Å². The normalized spacial score (nSPS) is 10.6. The summed E-state index contributed by atoms with van der Waals surface area (Å²) in [7, 11) is 0. The quantitative estimate of drug-likeness (QED) is 0.654. The molecule has 0 fully saturated rings. The summed E-state index contributed by atoms with van der Waals surface area (Å²) in [5.74, 6) is 0. The molecule has 0 spiro atoms. The third-order valence-corrected chi connectivity index (χ3v) is 2.12. The molecule has 2 rings (SSSR count). The highest BCUT2D eigenvalue weighted by Crippen LogP contribution is 2.15. The minimum atomic E-state index is 0.919. The van der Waals surface area contributed by atoms with Gasteiger partial charge in [0.1, 0.15) is 10.5 Å². The van der Waals surface area contributed by atoms with E-state index >= 15 is 0 Å². The number of aromatic amines is 1. The maximum absolute atomic E-state index is 4.01. The van der Waals surface area contributed by atoms with Crippen LogP contribution >= 0.6 is 11.8 Å². The zero-order valence-electron chi connectivity index (χ0n) is 6.03. The van der Waals surface area contributed by atoms with Crippen molar-refractivity contribution in [3.63, 3.8) is 0 Å². The highest BCUT2D eigenvalue weighted by atomic mass is 32.2. The summed E-state index contributed by atoms with van der Waals surface area (Å²) in [5.41, 5.74) is 0.919. The van der Waals surface area contributed by atoms with Gasteiger partial charge < -0.3 is 4.98 Å². The van der Waals surface area contributed by atoms with Gasteiger partial charge in [-0.2, -0.15) is 0 Å². The molecular formula is C7H7N3S. The lowest BCUT2D eigenvalue weighted by Gasteiger charge is -1.91. The van der Waals surface area contributed by atoms with Crippen LogP contribution in [0.1, 0.15) is 0 Å². The largest absolute Gasteiger partial charge is 0.365 e. The van der Waals surface area contributed by atoms with Gasteiger partial charge in [0.05, 0.1) is 0 Å². The molecule has 0 aliphatic rings. The zero-order valence-corrected chi connectivity index (χ0v) is 6.85. The van der Waals surface area contributed by atoms with E-state index in [9.17, 15) is 0 Å². The number of nitrogens with zero attached hydrogens (tertiary/aromatic N) is 2. The summed E-state index contributed by atoms with van der Waals surface area (Å²) in [6, 6.07) is 2.02. The van der Waals surface area contributed by atoms with Gasteiger partial charge in [-0.25, -0.2) is 0 Å². The van der Waals surface area contributed by atoms with Crippen molar-refractivity contribution >= 4 is 22.7 Å². The summed E-state index contributed by atoms with van der Waals surface area (Å²) < 4.78 is 0. The highest BCUT2D eigenvalue weighted by Gasteiger charge is 1.97. The van der Waals surface area contributed by atoms with Crippen LogP contribution in [0.3, 0.4) is 0 Å². The third kappa shape index (κ3) is 1.09. The molecule has 0 unspecified atom stereocenters. The Balaban J connectivity index is 2.67. The van der Waals surface area contributed by atoms with E-state index in [1.54, 1.807) is 11.8 Å². The van der Waals surface area contributed by atoms with Gasteiger partial charge in [-0.15, -0.1) is 22.0 Å². The molecule has 0 atom stereocenters. The number of hydrogen-bond acceptors (Lipinski definition) is 3. The van der Waals surface area contributed by atoms with Crippen molar-refractivity contribution in [2.45, 2.75) is 5.03 Å². The summed E-state index contributed by atoms with van der Waals surface area (Å²) >= 11 is 1.60. The molecule has 1 N–H and O–H groups in total. The molecular weight excluding hydrogens is 158 g/mol. The number of aromatic nitrogens is 3. The molecule has 56 valence electrons. The lowest BCUT2D eigenvalue weighted by molar-refractivity contribution is 0.968. The van der Waals surface area contributed by atoms with E-state index in [2.05, 4.69) is 15.2 Å². The first-order valence-electron chi connectivity index (χ1n) is 3.24. The second kappa shape index (κ2) is 2.54. The molecule has 4 heteroatoms. The Labute approximate surface area is 68.2 Å². The molecule has 0 saturated heterocycles. The van der Waals surface area contributed by atoms with Crippen LogP contribution in [-0.4, -0.2) is 21.4 Å². The molecule has 0 saturated carbocycles. The molecule has 0 aliphatic heterocycles. The first-order valence-corrected chi connectivity index (χ1v) is 4.47. The number of fused-ring (bicyclic) bond motifs is 1. The Morgan fingerprint density at radius 1 is 1.36 bits per heavy atom. The second-order valence-electron chi connectivity index (χ2n) is 2.18. The van der Waals surface area contributed by atoms with Gasteiger partial charge >= 0.3 is 0 Å². The van der Waals surface area contributed by atoms with Crippen molar-refractivity contribution in [3.8, 4) is 0 Å². The molecule has 0 aliphatic carbocycles. The van der Waals surface area contributed by atoms with Crippen LogP contribution in [0, 0.1) is 0 Å². The standard InChI is InChI=1S/C7H7N3S/c1-11-7-2-5-3-8-4-6(5)9-10-7/h2-4,8H,1H3. The monoisotopic (exact) mass is 165 g/mol. The maximum atomic E-state index is 4.01. The van der Waals surface area contributed by atoms with Gasteiger partial charge in [0.15, 0.2) is 0 Å². The van der Waals surface area contributed by atoms with Crippen molar-refractivity contribution in [2.75, 3.05) is 6.26 Å². The first-order chi connectivity index (χ1) is 5.40. The van der Waals surface area contributed by atoms with E-state index in [0.717, 1.165) is 15.9 Å². The minimum absolute atomic E-state index is 0.919. The second-order valence-corrected chi connectivity index (χ2v) is 3.01. The SMILES string of the molecule is CSc1cc2c[nH]cc2nn1. The number of hydrogen-bond donors (Lipinski definition) is 1. The van der Waals surface area contributed by atoms with Crippen molar-refractivity contribution < 1.29 is 0 Å². The van der Waals surface area contributed by atoms with Gasteiger partial charge in [0, 0.05) is 17.8 Å². The van der Waals surface area contributed by atoms with E-state index in [1.165, 1.54) is 0 Å². The van der Waals surface area contributed by atoms with Crippen LogP contribution in [0.25, 0.3) is 10.9 Å². The van der Waals surface area contributed by atoms with E-state index in [4.69, 9.17) is 0 Å². The molecule has 0 radical (unpaired) electrons. The van der Waals surface area contributed by atoms with Crippen molar-refractivity contribution in [1.29, 1.82) is 0 Å². The molecule has 2 aromatic heterocycles. The fraction of sp³-hybridized carbons (Fsp3) is 0.143.